The molecule has 0 spiro atoms. The van der Waals surface area contributed by atoms with Gasteiger partial charge in [-0.05, 0) is 37.3 Å². The van der Waals surface area contributed by atoms with Gasteiger partial charge in [-0.1, -0.05) is 29.0 Å². The maximum atomic E-state index is 12.4. The number of hydrogen-bond donors (Lipinski definition) is 0. The fourth-order valence-corrected chi connectivity index (χ4v) is 3.74. The summed E-state index contributed by atoms with van der Waals surface area (Å²) in [6.07, 6.45) is 0.422. The van der Waals surface area contributed by atoms with E-state index in [0.29, 0.717) is 26.7 Å². The zero-order chi connectivity index (χ0) is 18.3. The van der Waals surface area contributed by atoms with Crippen LogP contribution in [0.5, 0.6) is 5.75 Å². The van der Waals surface area contributed by atoms with Crippen molar-refractivity contribution < 1.29 is 19.1 Å². The maximum absolute atomic E-state index is 12.4. The number of imide groups is 1. The third-order valence-electron chi connectivity index (χ3n) is 4.09. The number of ether oxygens (including phenoxy) is 1. The van der Waals surface area contributed by atoms with Gasteiger partial charge in [0.15, 0.2) is 5.13 Å². The molecule has 1 fully saturated rings. The number of aryl methyl sites for hydroxylation is 1. The number of fused-ring (bicyclic) bond motifs is 1. The number of esters is 1. The zero-order valence-electron chi connectivity index (χ0n) is 13.9. The third kappa shape index (κ3) is 2.97. The lowest BCUT2D eigenvalue weighted by atomic mass is 10.2. The van der Waals surface area contributed by atoms with Gasteiger partial charge in [-0.3, -0.25) is 9.59 Å². The van der Waals surface area contributed by atoms with Crippen LogP contribution < -0.4 is 9.64 Å². The van der Waals surface area contributed by atoms with Crippen LogP contribution in [-0.4, -0.2) is 22.8 Å². The molecule has 26 heavy (non-hydrogen) atoms. The molecule has 1 aliphatic rings. The molecule has 0 unspecified atom stereocenters. The van der Waals surface area contributed by atoms with E-state index in [1.54, 1.807) is 30.3 Å². The van der Waals surface area contributed by atoms with Crippen molar-refractivity contribution >= 4 is 44.5 Å². The minimum absolute atomic E-state index is 0.211. The van der Waals surface area contributed by atoms with Gasteiger partial charge >= 0.3 is 5.97 Å². The summed E-state index contributed by atoms with van der Waals surface area (Å²) in [6.45, 7) is 1.96. The van der Waals surface area contributed by atoms with E-state index in [9.17, 15) is 14.4 Å². The Morgan fingerprint density at radius 3 is 2.46 bits per heavy atom. The Hall–Kier alpha value is -3.06. The van der Waals surface area contributed by atoms with Crippen molar-refractivity contribution in [2.45, 2.75) is 19.8 Å². The first kappa shape index (κ1) is 16.4. The second-order valence-electron chi connectivity index (χ2n) is 6.00. The first-order chi connectivity index (χ1) is 12.5. The number of carbonyl (C=O) groups excluding carboxylic acids is 3. The Kier molecular flexibility index (Phi) is 4.00. The number of anilines is 1. The van der Waals surface area contributed by atoms with Crippen LogP contribution in [0.25, 0.3) is 10.2 Å². The largest absolute Gasteiger partial charge is 0.423 e. The van der Waals surface area contributed by atoms with Crippen molar-refractivity contribution in [3.63, 3.8) is 0 Å². The van der Waals surface area contributed by atoms with Gasteiger partial charge in [-0.15, -0.1) is 0 Å². The minimum atomic E-state index is -0.473. The van der Waals surface area contributed by atoms with E-state index in [1.807, 2.05) is 19.1 Å². The SMILES string of the molecule is Cc1ccc(OC(=O)c2ccc3nc(N4C(=O)CCC4=O)sc3c2)cc1. The van der Waals surface area contributed by atoms with Gasteiger partial charge in [0.2, 0.25) is 11.8 Å². The van der Waals surface area contributed by atoms with Crippen LogP contribution in [-0.2, 0) is 9.59 Å². The average Bonchev–Trinajstić information content (AvgIpc) is 3.18. The van der Waals surface area contributed by atoms with Crippen molar-refractivity contribution in [3.05, 3.63) is 53.6 Å². The predicted molar refractivity (Wildman–Crippen MR) is 97.5 cm³/mol. The van der Waals surface area contributed by atoms with Gasteiger partial charge in [-0.25, -0.2) is 14.7 Å². The zero-order valence-corrected chi connectivity index (χ0v) is 14.7. The summed E-state index contributed by atoms with van der Waals surface area (Å²) in [4.78, 5) is 41.5. The molecule has 1 aromatic heterocycles. The Labute approximate surface area is 153 Å². The van der Waals surface area contributed by atoms with Gasteiger partial charge in [0.1, 0.15) is 5.75 Å². The molecular formula is C19H14N2O4S. The number of aromatic nitrogens is 1. The van der Waals surface area contributed by atoms with E-state index < -0.39 is 5.97 Å². The Balaban J connectivity index is 1.61. The monoisotopic (exact) mass is 366 g/mol. The lowest BCUT2D eigenvalue weighted by Crippen LogP contribution is -2.28. The molecule has 1 aliphatic heterocycles. The Morgan fingerprint density at radius 2 is 1.77 bits per heavy atom. The smallest absolute Gasteiger partial charge is 0.343 e. The quantitative estimate of drug-likeness (QED) is 0.403. The minimum Gasteiger partial charge on any atom is -0.423 e. The van der Waals surface area contributed by atoms with E-state index in [4.69, 9.17) is 4.74 Å². The van der Waals surface area contributed by atoms with Crippen molar-refractivity contribution in [3.8, 4) is 5.75 Å². The molecule has 6 nitrogen and oxygen atoms in total. The Bertz CT molecular complexity index is 1020. The van der Waals surface area contributed by atoms with E-state index in [2.05, 4.69) is 4.98 Å². The maximum Gasteiger partial charge on any atom is 0.343 e. The molecule has 2 amide bonds. The summed E-state index contributed by atoms with van der Waals surface area (Å²) in [6, 6.07) is 12.2. The molecule has 0 aliphatic carbocycles. The normalized spacial score (nSPS) is 14.3. The second-order valence-corrected chi connectivity index (χ2v) is 7.01. The molecule has 3 aromatic rings. The lowest BCUT2D eigenvalue weighted by molar-refractivity contribution is -0.121. The van der Waals surface area contributed by atoms with Crippen LogP contribution in [0.15, 0.2) is 42.5 Å². The summed E-state index contributed by atoms with van der Waals surface area (Å²) in [5.74, 6) is -0.487. The summed E-state index contributed by atoms with van der Waals surface area (Å²) in [7, 11) is 0. The number of amides is 2. The van der Waals surface area contributed by atoms with Crippen LogP contribution >= 0.6 is 11.3 Å². The van der Waals surface area contributed by atoms with E-state index in [0.717, 1.165) is 10.5 Å². The van der Waals surface area contributed by atoms with E-state index in [-0.39, 0.29) is 24.7 Å². The van der Waals surface area contributed by atoms with Crippen LogP contribution in [0.2, 0.25) is 0 Å². The van der Waals surface area contributed by atoms with Crippen molar-refractivity contribution in [1.29, 1.82) is 0 Å². The molecule has 4 rings (SSSR count). The summed E-state index contributed by atoms with van der Waals surface area (Å²) in [5, 5.41) is 0.344. The molecule has 2 heterocycles. The fourth-order valence-electron chi connectivity index (χ4n) is 2.70. The fraction of sp³-hybridized carbons (Fsp3) is 0.158. The van der Waals surface area contributed by atoms with E-state index >= 15 is 0 Å². The number of carbonyl (C=O) groups is 3. The van der Waals surface area contributed by atoms with Crippen LogP contribution in [0.1, 0.15) is 28.8 Å². The molecule has 0 atom stereocenters. The number of nitrogens with zero attached hydrogens (tertiary/aromatic N) is 2. The summed E-state index contributed by atoms with van der Waals surface area (Å²) in [5.41, 5.74) is 2.09. The molecule has 7 heteroatoms. The highest BCUT2D eigenvalue weighted by molar-refractivity contribution is 7.22. The first-order valence-electron chi connectivity index (χ1n) is 8.06. The summed E-state index contributed by atoms with van der Waals surface area (Å²) < 4.78 is 6.09. The molecule has 0 bridgehead atoms. The lowest BCUT2D eigenvalue weighted by Gasteiger charge is -2.07. The number of hydrogen-bond acceptors (Lipinski definition) is 6. The molecule has 130 valence electrons. The number of thiazole rings is 1. The first-order valence-corrected chi connectivity index (χ1v) is 8.88. The van der Waals surface area contributed by atoms with Crippen LogP contribution in [0.3, 0.4) is 0 Å². The van der Waals surface area contributed by atoms with Gasteiger partial charge < -0.3 is 4.74 Å². The molecule has 1 saturated heterocycles. The number of rotatable bonds is 3. The van der Waals surface area contributed by atoms with Crippen molar-refractivity contribution in [2.24, 2.45) is 0 Å². The number of benzene rings is 2. The molecular weight excluding hydrogens is 352 g/mol. The van der Waals surface area contributed by atoms with E-state index in [1.165, 1.54) is 11.3 Å². The highest BCUT2D eigenvalue weighted by Crippen LogP contribution is 2.32. The molecule has 0 radical (unpaired) electrons. The van der Waals surface area contributed by atoms with Crippen molar-refractivity contribution in [1.82, 2.24) is 4.98 Å². The molecule has 0 N–H and O–H groups in total. The topological polar surface area (TPSA) is 76.6 Å². The summed E-state index contributed by atoms with van der Waals surface area (Å²) >= 11 is 1.21. The van der Waals surface area contributed by atoms with Crippen LogP contribution in [0, 0.1) is 6.92 Å². The average molecular weight is 366 g/mol. The van der Waals surface area contributed by atoms with Gasteiger partial charge in [0.05, 0.1) is 15.8 Å². The standard InChI is InChI=1S/C19H14N2O4S/c1-11-2-5-13(6-3-11)25-18(24)12-4-7-14-15(10-12)26-19(20-14)21-16(22)8-9-17(21)23/h2-7,10H,8-9H2,1H3. The predicted octanol–water partition coefficient (Wildman–Crippen LogP) is 3.48. The third-order valence-corrected chi connectivity index (χ3v) is 5.09. The molecule has 0 saturated carbocycles. The Morgan fingerprint density at radius 1 is 1.08 bits per heavy atom. The van der Waals surface area contributed by atoms with Gasteiger partial charge in [0, 0.05) is 12.8 Å². The highest BCUT2D eigenvalue weighted by atomic mass is 32.1. The van der Waals surface area contributed by atoms with Gasteiger partial charge in [0.25, 0.3) is 0 Å². The van der Waals surface area contributed by atoms with Gasteiger partial charge in [-0.2, -0.15) is 0 Å². The molecule has 2 aromatic carbocycles. The van der Waals surface area contributed by atoms with Crippen molar-refractivity contribution in [2.75, 3.05) is 4.90 Å². The second kappa shape index (κ2) is 6.34. The van der Waals surface area contributed by atoms with Crippen LogP contribution in [0.4, 0.5) is 5.13 Å². The highest BCUT2D eigenvalue weighted by Gasteiger charge is 2.32.